The zero-order valence-corrected chi connectivity index (χ0v) is 18.2. The first-order chi connectivity index (χ1) is 15.0. The third kappa shape index (κ3) is 10.8. The Bertz CT molecular complexity index is 569. The fourth-order valence-corrected chi connectivity index (χ4v) is 3.14. The molecule has 4 atom stereocenters. The topological polar surface area (TPSA) is 220 Å². The van der Waals surface area contributed by atoms with Gasteiger partial charge in [-0.05, 0) is 0 Å². The highest BCUT2D eigenvalue weighted by Gasteiger charge is 2.33. The van der Waals surface area contributed by atoms with E-state index in [1.54, 1.807) is 0 Å². The van der Waals surface area contributed by atoms with E-state index in [1.807, 2.05) is 0 Å². The summed E-state index contributed by atoms with van der Waals surface area (Å²) in [5.41, 5.74) is 0. The van der Waals surface area contributed by atoms with Crippen molar-refractivity contribution in [3.8, 4) is 0 Å². The molecule has 0 aromatic carbocycles. The number of nitrogens with one attached hydrogen (secondary N) is 2. The lowest BCUT2D eigenvalue weighted by Crippen LogP contribution is -2.55. The van der Waals surface area contributed by atoms with Crippen molar-refractivity contribution in [3.63, 3.8) is 0 Å². The summed E-state index contributed by atoms with van der Waals surface area (Å²) in [5, 5.41) is 61.0. The van der Waals surface area contributed by atoms with E-state index in [0.29, 0.717) is 0 Å². The summed E-state index contributed by atoms with van der Waals surface area (Å²) in [6.45, 7) is -2.98. The molecule has 0 radical (unpaired) electrons. The molecule has 0 aromatic rings. The Kier molecular flexibility index (Phi) is 14.3. The van der Waals surface area contributed by atoms with E-state index in [1.165, 1.54) is 23.9 Å². The Morgan fingerprint density at radius 3 is 1.25 bits per heavy atom. The Morgan fingerprint density at radius 1 is 0.719 bits per heavy atom. The lowest BCUT2D eigenvalue weighted by molar-refractivity contribution is -0.144. The van der Waals surface area contributed by atoms with Crippen LogP contribution in [0.3, 0.4) is 0 Å². The van der Waals surface area contributed by atoms with Crippen molar-refractivity contribution in [2.24, 2.45) is 0 Å². The third-order valence-corrected chi connectivity index (χ3v) is 4.74. The van der Waals surface area contributed by atoms with Gasteiger partial charge in [0, 0.05) is 40.0 Å². The fraction of sp³-hybridized carbons (Fsp3) is 0.778. The predicted molar refractivity (Wildman–Crippen MR) is 110 cm³/mol. The van der Waals surface area contributed by atoms with E-state index >= 15 is 0 Å². The molecule has 0 spiro atoms. The van der Waals surface area contributed by atoms with Crippen LogP contribution in [0, 0.1) is 0 Å². The maximum absolute atomic E-state index is 12.3. The van der Waals surface area contributed by atoms with Crippen LogP contribution in [0.4, 0.5) is 0 Å². The van der Waals surface area contributed by atoms with Gasteiger partial charge in [-0.15, -0.1) is 0 Å². The highest BCUT2D eigenvalue weighted by molar-refractivity contribution is 5.83. The molecule has 0 aromatic heterocycles. The average Bonchev–Trinajstić information content (AvgIpc) is 2.75. The van der Waals surface area contributed by atoms with Crippen LogP contribution in [0.25, 0.3) is 0 Å². The molecule has 32 heavy (non-hydrogen) atoms. The number of aliphatic hydroxyl groups is 4. The first-order valence-corrected chi connectivity index (χ1v) is 9.93. The minimum atomic E-state index is -1.30. The quantitative estimate of drug-likeness (QED) is 0.102. The molecule has 0 saturated heterocycles. The van der Waals surface area contributed by atoms with Gasteiger partial charge in [0.25, 0.3) is 0 Å². The van der Waals surface area contributed by atoms with E-state index in [-0.39, 0.29) is 25.9 Å². The zero-order chi connectivity index (χ0) is 24.8. The number of aliphatic carboxylic acids is 2. The monoisotopic (exact) mass is 466 g/mol. The van der Waals surface area contributed by atoms with Crippen molar-refractivity contribution in [3.05, 3.63) is 0 Å². The van der Waals surface area contributed by atoms with E-state index < -0.39 is 74.3 Å². The molecule has 14 nitrogen and oxygen atoms in total. The first kappa shape index (κ1) is 29.6. The number of amides is 2. The van der Waals surface area contributed by atoms with Crippen molar-refractivity contribution >= 4 is 23.8 Å². The van der Waals surface area contributed by atoms with Crippen LogP contribution in [0.15, 0.2) is 0 Å². The average molecular weight is 466 g/mol. The molecule has 0 aliphatic rings. The van der Waals surface area contributed by atoms with E-state index in [0.717, 1.165) is 0 Å². The molecule has 0 aliphatic heterocycles. The molecule has 0 saturated carbocycles. The van der Waals surface area contributed by atoms with E-state index in [2.05, 4.69) is 10.6 Å². The summed E-state index contributed by atoms with van der Waals surface area (Å²) in [4.78, 5) is 49.7. The molecule has 0 bridgehead atoms. The Balaban J connectivity index is 5.83. The number of carbonyl (C=O) groups is 4. The second-order valence-electron chi connectivity index (χ2n) is 7.13. The molecular weight excluding hydrogens is 432 g/mol. The standard InChI is InChI=1S/C18H34N4O10/c1-19-17(31)13(5-11(25)9-23)21(7-15(27)28)3-4-22(8-16(29)30)14(18(32)20-2)6-12(26)10-24/h11-14,23-26H,3-10H2,1-2H3,(H,19,31)(H,20,32)(H,27,28)(H,29,30). The van der Waals surface area contributed by atoms with E-state index in [9.17, 15) is 39.6 Å². The normalized spacial score (nSPS) is 15.1. The molecule has 186 valence electrons. The summed E-state index contributed by atoms with van der Waals surface area (Å²) in [6.07, 6.45) is -3.18. The van der Waals surface area contributed by atoms with Crippen molar-refractivity contribution in [2.45, 2.75) is 37.1 Å². The Morgan fingerprint density at radius 2 is 1.03 bits per heavy atom. The summed E-state index contributed by atoms with van der Waals surface area (Å²) >= 11 is 0. The van der Waals surface area contributed by atoms with Crippen LogP contribution < -0.4 is 10.6 Å². The maximum Gasteiger partial charge on any atom is 0.317 e. The van der Waals surface area contributed by atoms with Gasteiger partial charge in [0.2, 0.25) is 11.8 Å². The summed E-state index contributed by atoms with van der Waals surface area (Å²) in [7, 11) is 2.63. The van der Waals surface area contributed by atoms with Gasteiger partial charge in [-0.25, -0.2) is 0 Å². The van der Waals surface area contributed by atoms with E-state index in [4.69, 9.17) is 10.2 Å². The number of aliphatic hydroxyl groups excluding tert-OH is 4. The molecule has 4 unspecified atom stereocenters. The smallest absolute Gasteiger partial charge is 0.317 e. The van der Waals surface area contributed by atoms with Gasteiger partial charge in [0.15, 0.2) is 0 Å². The highest BCUT2D eigenvalue weighted by atomic mass is 16.4. The van der Waals surface area contributed by atoms with Crippen LogP contribution in [0.2, 0.25) is 0 Å². The summed E-state index contributed by atoms with van der Waals surface area (Å²) in [6, 6.07) is -2.32. The molecule has 0 aliphatic carbocycles. The van der Waals surface area contributed by atoms with Gasteiger partial charge < -0.3 is 41.3 Å². The second kappa shape index (κ2) is 15.4. The fourth-order valence-electron chi connectivity index (χ4n) is 3.14. The lowest BCUT2D eigenvalue weighted by Gasteiger charge is -2.35. The number of hydrogen-bond donors (Lipinski definition) is 8. The molecular formula is C18H34N4O10. The number of likely N-dealkylation sites (N-methyl/N-ethyl adjacent to an activating group) is 2. The number of nitrogens with zero attached hydrogens (tertiary/aromatic N) is 2. The van der Waals surface area contributed by atoms with Crippen molar-refractivity contribution in [2.75, 3.05) is 53.5 Å². The van der Waals surface area contributed by atoms with Crippen LogP contribution in [0.1, 0.15) is 12.8 Å². The molecule has 8 N–H and O–H groups in total. The number of carbonyl (C=O) groups excluding carboxylic acids is 2. The van der Waals surface area contributed by atoms with Crippen LogP contribution in [-0.4, -0.2) is 142 Å². The number of rotatable bonds is 17. The molecule has 0 heterocycles. The van der Waals surface area contributed by atoms with Gasteiger partial charge in [-0.3, -0.25) is 29.0 Å². The minimum absolute atomic E-state index is 0.196. The maximum atomic E-state index is 12.3. The Hall–Kier alpha value is -2.36. The SMILES string of the molecule is CNC(=O)C(CC(O)CO)N(CCN(CC(=O)O)C(CC(O)CO)C(=O)NC)CC(=O)O. The third-order valence-electron chi connectivity index (χ3n) is 4.74. The molecule has 14 heteroatoms. The highest BCUT2D eigenvalue weighted by Crippen LogP contribution is 2.12. The predicted octanol–water partition coefficient (Wildman–Crippen LogP) is -4.52. The van der Waals surface area contributed by atoms with Crippen LogP contribution in [-0.2, 0) is 19.2 Å². The van der Waals surface area contributed by atoms with Crippen LogP contribution in [0.5, 0.6) is 0 Å². The number of hydrogen-bond acceptors (Lipinski definition) is 10. The lowest BCUT2D eigenvalue weighted by atomic mass is 10.1. The van der Waals surface area contributed by atoms with Gasteiger partial charge in [0.05, 0.1) is 50.6 Å². The van der Waals surface area contributed by atoms with Crippen molar-refractivity contribution in [1.29, 1.82) is 0 Å². The zero-order valence-electron chi connectivity index (χ0n) is 18.2. The van der Waals surface area contributed by atoms with Crippen LogP contribution >= 0.6 is 0 Å². The van der Waals surface area contributed by atoms with Crippen molar-refractivity contribution < 1.29 is 49.8 Å². The second-order valence-corrected chi connectivity index (χ2v) is 7.13. The summed E-state index contributed by atoms with van der Waals surface area (Å²) < 4.78 is 0. The molecule has 0 fully saturated rings. The molecule has 0 rings (SSSR count). The summed E-state index contributed by atoms with van der Waals surface area (Å²) in [5.74, 6) is -3.83. The number of carboxylic acids is 2. The van der Waals surface area contributed by atoms with Gasteiger partial charge in [-0.1, -0.05) is 0 Å². The Labute approximate surface area is 185 Å². The van der Waals surface area contributed by atoms with Crippen molar-refractivity contribution in [1.82, 2.24) is 20.4 Å². The van der Waals surface area contributed by atoms with Gasteiger partial charge >= 0.3 is 11.9 Å². The number of carboxylic acid groups (broad SMARTS) is 2. The van der Waals surface area contributed by atoms with Gasteiger partial charge in [-0.2, -0.15) is 0 Å². The molecule has 2 amide bonds. The van der Waals surface area contributed by atoms with Gasteiger partial charge in [0.1, 0.15) is 0 Å². The first-order valence-electron chi connectivity index (χ1n) is 9.93. The largest absolute Gasteiger partial charge is 0.480 e. The minimum Gasteiger partial charge on any atom is -0.480 e.